The monoisotopic (exact) mass is 264 g/mol. The van der Waals surface area contributed by atoms with Crippen molar-refractivity contribution in [3.63, 3.8) is 0 Å². The van der Waals surface area contributed by atoms with Crippen LogP contribution in [0.25, 0.3) is 0 Å². The maximum absolute atomic E-state index is 5.82. The van der Waals surface area contributed by atoms with E-state index in [0.717, 1.165) is 24.2 Å². The van der Waals surface area contributed by atoms with Crippen molar-refractivity contribution in [2.75, 3.05) is 6.61 Å². The number of hydrogen-bond acceptors (Lipinski definition) is 4. The van der Waals surface area contributed by atoms with Gasteiger partial charge in [-0.05, 0) is 51.3 Å². The molecule has 1 unspecified atom stereocenters. The highest BCUT2D eigenvalue weighted by molar-refractivity contribution is 5.32. The summed E-state index contributed by atoms with van der Waals surface area (Å²) in [6.45, 7) is 6.72. The predicted molar refractivity (Wildman–Crippen MR) is 75.9 cm³/mol. The zero-order chi connectivity index (χ0) is 13.9. The maximum atomic E-state index is 5.82. The second-order valence-electron chi connectivity index (χ2n) is 5.53. The molecule has 1 fully saturated rings. The highest BCUT2D eigenvalue weighted by atomic mass is 16.5. The van der Waals surface area contributed by atoms with Gasteiger partial charge < -0.3 is 9.47 Å². The molecule has 1 saturated carbocycles. The number of nitrogens with two attached hydrogens (primary N) is 1. The lowest BCUT2D eigenvalue weighted by atomic mass is 9.92. The average Bonchev–Trinajstić information content (AvgIpc) is 3.14. The van der Waals surface area contributed by atoms with Gasteiger partial charge in [-0.3, -0.25) is 11.3 Å². The number of hydrogen-bond donors (Lipinski definition) is 2. The first-order chi connectivity index (χ1) is 9.06. The Morgan fingerprint density at radius 2 is 2.16 bits per heavy atom. The summed E-state index contributed by atoms with van der Waals surface area (Å²) in [5.41, 5.74) is 3.57. The van der Waals surface area contributed by atoms with Gasteiger partial charge >= 0.3 is 0 Å². The van der Waals surface area contributed by atoms with E-state index in [0.29, 0.717) is 12.7 Å². The molecule has 1 aromatic carbocycles. The molecule has 4 heteroatoms. The summed E-state index contributed by atoms with van der Waals surface area (Å²) in [6.07, 6.45) is 2.72. The van der Waals surface area contributed by atoms with Crippen LogP contribution in [0.1, 0.15) is 45.2 Å². The summed E-state index contributed by atoms with van der Waals surface area (Å²) in [5.74, 6) is 6.62. The molecular weight excluding hydrogens is 240 g/mol. The van der Waals surface area contributed by atoms with Crippen LogP contribution in [0.5, 0.6) is 5.75 Å². The molecule has 0 aromatic heterocycles. The van der Waals surface area contributed by atoms with Gasteiger partial charge in [0, 0.05) is 6.61 Å². The average molecular weight is 264 g/mol. The van der Waals surface area contributed by atoms with E-state index >= 15 is 0 Å². The minimum atomic E-state index is -0.373. The Bertz CT molecular complexity index is 416. The van der Waals surface area contributed by atoms with Crippen LogP contribution >= 0.6 is 0 Å². The molecule has 1 aliphatic rings. The number of rotatable bonds is 7. The molecule has 106 valence electrons. The van der Waals surface area contributed by atoms with Gasteiger partial charge in [-0.1, -0.05) is 12.1 Å². The van der Waals surface area contributed by atoms with Crippen molar-refractivity contribution in [1.82, 2.24) is 5.43 Å². The van der Waals surface area contributed by atoms with Crippen molar-refractivity contribution in [3.8, 4) is 5.75 Å². The summed E-state index contributed by atoms with van der Waals surface area (Å²) in [4.78, 5) is 0. The molecule has 2 rings (SSSR count). The Morgan fingerprint density at radius 1 is 1.42 bits per heavy atom. The van der Waals surface area contributed by atoms with Gasteiger partial charge in [0.15, 0.2) is 0 Å². The molecule has 1 aromatic rings. The molecule has 3 N–H and O–H groups in total. The number of ether oxygens (including phenoxy) is 2. The third-order valence-electron chi connectivity index (χ3n) is 3.40. The van der Waals surface area contributed by atoms with Crippen LogP contribution in [0.4, 0.5) is 0 Å². The Morgan fingerprint density at radius 3 is 2.74 bits per heavy atom. The number of nitrogens with one attached hydrogen (secondary N) is 1. The molecule has 1 atom stereocenters. The first-order valence-corrected chi connectivity index (χ1v) is 6.93. The topological polar surface area (TPSA) is 56.5 Å². The van der Waals surface area contributed by atoms with Crippen LogP contribution in [0, 0.1) is 0 Å². The van der Waals surface area contributed by atoms with Gasteiger partial charge in [-0.2, -0.15) is 0 Å². The maximum Gasteiger partial charge on any atom is 0.120 e. The Hall–Kier alpha value is -1.10. The molecule has 0 heterocycles. The molecule has 0 saturated heterocycles. The van der Waals surface area contributed by atoms with E-state index in [9.17, 15) is 0 Å². The third-order valence-corrected chi connectivity index (χ3v) is 3.40. The third kappa shape index (κ3) is 3.69. The SMILES string of the molecule is CCOC(C)(C)C(NN)c1cccc(OC2CC2)c1. The second-order valence-corrected chi connectivity index (χ2v) is 5.53. The highest BCUT2D eigenvalue weighted by Crippen LogP contribution is 2.32. The van der Waals surface area contributed by atoms with Crippen LogP contribution in [-0.2, 0) is 4.74 Å². The lowest BCUT2D eigenvalue weighted by Crippen LogP contribution is -2.44. The van der Waals surface area contributed by atoms with Crippen LogP contribution in [0.15, 0.2) is 24.3 Å². The van der Waals surface area contributed by atoms with Gasteiger partial charge in [0.05, 0.1) is 17.7 Å². The summed E-state index contributed by atoms with van der Waals surface area (Å²) in [6, 6.07) is 8.01. The summed E-state index contributed by atoms with van der Waals surface area (Å²) in [5, 5.41) is 0. The van der Waals surface area contributed by atoms with Gasteiger partial charge in [-0.15, -0.1) is 0 Å². The summed E-state index contributed by atoms with van der Waals surface area (Å²) in [7, 11) is 0. The smallest absolute Gasteiger partial charge is 0.120 e. The zero-order valence-electron chi connectivity index (χ0n) is 12.0. The number of benzene rings is 1. The van der Waals surface area contributed by atoms with Crippen molar-refractivity contribution in [2.45, 2.75) is 51.4 Å². The normalized spacial score (nSPS) is 17.3. The Labute approximate surface area is 115 Å². The first-order valence-electron chi connectivity index (χ1n) is 6.93. The van der Waals surface area contributed by atoms with E-state index < -0.39 is 0 Å². The minimum absolute atomic E-state index is 0.0739. The molecule has 0 bridgehead atoms. The van der Waals surface area contributed by atoms with Crippen molar-refractivity contribution >= 4 is 0 Å². The van der Waals surface area contributed by atoms with Gasteiger partial charge in [0.25, 0.3) is 0 Å². The van der Waals surface area contributed by atoms with Crippen LogP contribution < -0.4 is 16.0 Å². The Balaban J connectivity index is 2.16. The van der Waals surface area contributed by atoms with Crippen molar-refractivity contribution in [3.05, 3.63) is 29.8 Å². The fourth-order valence-electron chi connectivity index (χ4n) is 2.30. The standard InChI is InChI=1S/C15H24N2O2/c1-4-18-15(2,3)14(17-16)11-6-5-7-13(10-11)19-12-8-9-12/h5-7,10,12,14,17H,4,8-9,16H2,1-3H3. The van der Waals surface area contributed by atoms with Crippen LogP contribution in [0.3, 0.4) is 0 Å². The lowest BCUT2D eigenvalue weighted by molar-refractivity contribution is -0.0393. The number of hydrazine groups is 1. The van der Waals surface area contributed by atoms with Crippen molar-refractivity contribution in [1.29, 1.82) is 0 Å². The summed E-state index contributed by atoms with van der Waals surface area (Å²) < 4.78 is 11.6. The molecule has 1 aliphatic carbocycles. The summed E-state index contributed by atoms with van der Waals surface area (Å²) >= 11 is 0. The van der Waals surface area contributed by atoms with E-state index in [1.54, 1.807) is 0 Å². The van der Waals surface area contributed by atoms with Crippen LogP contribution in [-0.4, -0.2) is 18.3 Å². The second kappa shape index (κ2) is 5.90. The fraction of sp³-hybridized carbons (Fsp3) is 0.600. The van der Waals surface area contributed by atoms with Crippen molar-refractivity contribution in [2.24, 2.45) is 5.84 Å². The Kier molecular flexibility index (Phi) is 4.45. The molecule has 0 spiro atoms. The van der Waals surface area contributed by atoms with E-state index in [4.69, 9.17) is 15.3 Å². The first kappa shape index (κ1) is 14.3. The lowest BCUT2D eigenvalue weighted by Gasteiger charge is -2.34. The molecule has 4 nitrogen and oxygen atoms in total. The van der Waals surface area contributed by atoms with Gasteiger partial charge in [0.2, 0.25) is 0 Å². The molecule has 0 radical (unpaired) electrons. The largest absolute Gasteiger partial charge is 0.490 e. The zero-order valence-corrected chi connectivity index (χ0v) is 12.0. The molecular formula is C15H24N2O2. The predicted octanol–water partition coefficient (Wildman–Crippen LogP) is 2.55. The van der Waals surface area contributed by atoms with E-state index in [1.165, 1.54) is 0 Å². The van der Waals surface area contributed by atoms with E-state index in [2.05, 4.69) is 5.43 Å². The van der Waals surface area contributed by atoms with Crippen molar-refractivity contribution < 1.29 is 9.47 Å². The quantitative estimate of drug-likeness (QED) is 0.587. The van der Waals surface area contributed by atoms with E-state index in [1.807, 2.05) is 45.0 Å². The molecule has 0 aliphatic heterocycles. The van der Waals surface area contributed by atoms with Gasteiger partial charge in [-0.25, -0.2) is 0 Å². The van der Waals surface area contributed by atoms with Gasteiger partial charge in [0.1, 0.15) is 5.75 Å². The fourth-order valence-corrected chi connectivity index (χ4v) is 2.30. The highest BCUT2D eigenvalue weighted by Gasteiger charge is 2.31. The minimum Gasteiger partial charge on any atom is -0.490 e. The molecule has 19 heavy (non-hydrogen) atoms. The molecule has 0 amide bonds. The van der Waals surface area contributed by atoms with Crippen LogP contribution in [0.2, 0.25) is 0 Å². The van der Waals surface area contributed by atoms with E-state index in [-0.39, 0.29) is 11.6 Å².